The molecule has 1 N–H and O–H groups in total. The summed E-state index contributed by atoms with van der Waals surface area (Å²) in [6.45, 7) is 10.5. The first-order valence-electron chi connectivity index (χ1n) is 6.62. The van der Waals surface area contributed by atoms with Crippen LogP contribution >= 0.6 is 0 Å². The van der Waals surface area contributed by atoms with Gasteiger partial charge in [0, 0.05) is 11.7 Å². The lowest BCUT2D eigenvalue weighted by atomic mass is 10.00. The van der Waals surface area contributed by atoms with Gasteiger partial charge in [-0.15, -0.1) is 0 Å². The van der Waals surface area contributed by atoms with E-state index in [0.717, 1.165) is 23.5 Å². The van der Waals surface area contributed by atoms with E-state index < -0.39 is 0 Å². The van der Waals surface area contributed by atoms with Gasteiger partial charge in [-0.05, 0) is 44.7 Å². The molecule has 0 amide bonds. The molecule has 0 radical (unpaired) electrons. The minimum atomic E-state index is 0.334. The highest BCUT2D eigenvalue weighted by atomic mass is 15.0. The second-order valence-corrected chi connectivity index (χ2v) is 5.21. The Hall–Kier alpha value is -1.56. The van der Waals surface area contributed by atoms with Gasteiger partial charge in [0.2, 0.25) is 0 Å². The van der Waals surface area contributed by atoms with Gasteiger partial charge in [0.1, 0.15) is 11.9 Å². The van der Waals surface area contributed by atoms with Crippen molar-refractivity contribution in [1.29, 1.82) is 5.26 Å². The van der Waals surface area contributed by atoms with Crippen molar-refractivity contribution in [3.63, 3.8) is 0 Å². The van der Waals surface area contributed by atoms with Gasteiger partial charge in [0.15, 0.2) is 0 Å². The molecule has 1 heterocycles. The van der Waals surface area contributed by atoms with Crippen LogP contribution in [0.25, 0.3) is 0 Å². The number of aromatic nitrogens is 1. The van der Waals surface area contributed by atoms with Crippen LogP contribution in [0, 0.1) is 31.1 Å². The fourth-order valence-electron chi connectivity index (χ4n) is 2.14. The van der Waals surface area contributed by atoms with Crippen molar-refractivity contribution in [2.24, 2.45) is 5.92 Å². The van der Waals surface area contributed by atoms with Crippen molar-refractivity contribution in [3.8, 4) is 6.07 Å². The van der Waals surface area contributed by atoms with E-state index in [2.05, 4.69) is 37.1 Å². The third-order valence-electron chi connectivity index (χ3n) is 3.29. The zero-order valence-electron chi connectivity index (χ0n) is 12.0. The standard InChI is InChI=1S/C15H23N3/c1-6-10(2)7-12(4)17-15-14(9-16)11(3)8-13(5)18-15/h8,10,12H,6-7H2,1-5H3,(H,17,18). The van der Waals surface area contributed by atoms with Gasteiger partial charge < -0.3 is 5.32 Å². The van der Waals surface area contributed by atoms with Crippen molar-refractivity contribution < 1.29 is 0 Å². The summed E-state index contributed by atoms with van der Waals surface area (Å²) in [7, 11) is 0. The summed E-state index contributed by atoms with van der Waals surface area (Å²) in [5.74, 6) is 1.41. The highest BCUT2D eigenvalue weighted by Crippen LogP contribution is 2.20. The summed E-state index contributed by atoms with van der Waals surface area (Å²) >= 11 is 0. The van der Waals surface area contributed by atoms with Gasteiger partial charge >= 0.3 is 0 Å². The highest BCUT2D eigenvalue weighted by molar-refractivity contribution is 5.56. The molecule has 3 heteroatoms. The van der Waals surface area contributed by atoms with Crippen molar-refractivity contribution in [1.82, 2.24) is 4.98 Å². The smallest absolute Gasteiger partial charge is 0.144 e. The molecule has 2 atom stereocenters. The van der Waals surface area contributed by atoms with Crippen LogP contribution in [0.1, 0.15) is 50.4 Å². The first-order valence-corrected chi connectivity index (χ1v) is 6.62. The number of anilines is 1. The van der Waals surface area contributed by atoms with E-state index in [-0.39, 0.29) is 0 Å². The molecule has 3 nitrogen and oxygen atoms in total. The SMILES string of the molecule is CCC(C)CC(C)Nc1nc(C)cc(C)c1C#N. The van der Waals surface area contributed by atoms with E-state index in [1.165, 1.54) is 6.42 Å². The number of pyridine rings is 1. The van der Waals surface area contributed by atoms with E-state index in [1.807, 2.05) is 19.9 Å². The summed E-state index contributed by atoms with van der Waals surface area (Å²) in [5, 5.41) is 12.6. The molecule has 0 aliphatic heterocycles. The van der Waals surface area contributed by atoms with Gasteiger partial charge in [0.25, 0.3) is 0 Å². The molecule has 98 valence electrons. The molecule has 1 rings (SSSR count). The highest BCUT2D eigenvalue weighted by Gasteiger charge is 2.12. The first kappa shape index (κ1) is 14.5. The Balaban J connectivity index is 2.87. The number of aryl methyl sites for hydroxylation is 2. The normalized spacial score (nSPS) is 13.8. The Kier molecular flexibility index (Phi) is 5.15. The van der Waals surface area contributed by atoms with Gasteiger partial charge in [-0.3, -0.25) is 0 Å². The summed E-state index contributed by atoms with van der Waals surface area (Å²) < 4.78 is 0. The van der Waals surface area contributed by atoms with Gasteiger partial charge in [-0.25, -0.2) is 4.98 Å². The second-order valence-electron chi connectivity index (χ2n) is 5.21. The third kappa shape index (κ3) is 3.73. The molecule has 2 unspecified atom stereocenters. The minimum Gasteiger partial charge on any atom is -0.366 e. The molecule has 0 spiro atoms. The quantitative estimate of drug-likeness (QED) is 0.858. The molecular weight excluding hydrogens is 222 g/mol. The molecule has 18 heavy (non-hydrogen) atoms. The zero-order valence-corrected chi connectivity index (χ0v) is 12.0. The molecule has 1 aromatic heterocycles. The molecule has 0 aliphatic carbocycles. The Morgan fingerprint density at radius 3 is 2.61 bits per heavy atom. The number of hydrogen-bond acceptors (Lipinski definition) is 3. The summed E-state index contributed by atoms with van der Waals surface area (Å²) in [5.41, 5.74) is 2.60. The van der Waals surface area contributed by atoms with Crippen LogP contribution in [-0.2, 0) is 0 Å². The number of nitriles is 1. The molecule has 0 bridgehead atoms. The Bertz CT molecular complexity index is 446. The van der Waals surface area contributed by atoms with Gasteiger partial charge in [0.05, 0.1) is 5.56 Å². The summed E-state index contributed by atoms with van der Waals surface area (Å²) in [6, 6.07) is 4.52. The van der Waals surface area contributed by atoms with Crippen molar-refractivity contribution in [2.75, 3.05) is 5.32 Å². The molecule has 1 aromatic rings. The maximum atomic E-state index is 9.20. The van der Waals surface area contributed by atoms with Crippen LogP contribution in [0.4, 0.5) is 5.82 Å². The van der Waals surface area contributed by atoms with Crippen LogP contribution < -0.4 is 5.32 Å². The molecule has 0 aromatic carbocycles. The Morgan fingerprint density at radius 1 is 1.39 bits per heavy atom. The van der Waals surface area contributed by atoms with Crippen LogP contribution in [0.3, 0.4) is 0 Å². The zero-order chi connectivity index (χ0) is 13.7. The second kappa shape index (κ2) is 6.39. The third-order valence-corrected chi connectivity index (χ3v) is 3.29. The fourth-order valence-corrected chi connectivity index (χ4v) is 2.14. The summed E-state index contributed by atoms with van der Waals surface area (Å²) in [6.07, 6.45) is 2.27. The molecular formula is C15H23N3. The predicted octanol–water partition coefficient (Wildman–Crippen LogP) is 3.81. The average molecular weight is 245 g/mol. The fraction of sp³-hybridized carbons (Fsp3) is 0.600. The molecule has 0 fully saturated rings. The lowest BCUT2D eigenvalue weighted by Gasteiger charge is -2.19. The van der Waals surface area contributed by atoms with Crippen molar-refractivity contribution in [3.05, 3.63) is 22.9 Å². The van der Waals surface area contributed by atoms with Gasteiger partial charge in [-0.2, -0.15) is 5.26 Å². The number of rotatable bonds is 5. The van der Waals surface area contributed by atoms with E-state index in [9.17, 15) is 5.26 Å². The molecule has 0 saturated heterocycles. The van der Waals surface area contributed by atoms with E-state index in [1.54, 1.807) is 0 Å². The monoisotopic (exact) mass is 245 g/mol. The summed E-state index contributed by atoms with van der Waals surface area (Å²) in [4.78, 5) is 4.44. The van der Waals surface area contributed by atoms with Crippen LogP contribution in [0.15, 0.2) is 6.07 Å². The van der Waals surface area contributed by atoms with Gasteiger partial charge in [-0.1, -0.05) is 20.3 Å². The average Bonchev–Trinajstić information content (AvgIpc) is 2.28. The molecule has 0 saturated carbocycles. The predicted molar refractivity (Wildman–Crippen MR) is 75.6 cm³/mol. The van der Waals surface area contributed by atoms with Crippen LogP contribution in [0.2, 0.25) is 0 Å². The number of nitrogens with one attached hydrogen (secondary N) is 1. The van der Waals surface area contributed by atoms with Crippen LogP contribution in [-0.4, -0.2) is 11.0 Å². The minimum absolute atomic E-state index is 0.334. The number of nitrogens with zero attached hydrogens (tertiary/aromatic N) is 2. The Labute approximate surface area is 110 Å². The van der Waals surface area contributed by atoms with E-state index in [4.69, 9.17) is 0 Å². The first-order chi connectivity index (χ1) is 8.47. The molecule has 0 aliphatic rings. The van der Waals surface area contributed by atoms with Crippen LogP contribution in [0.5, 0.6) is 0 Å². The van der Waals surface area contributed by atoms with E-state index >= 15 is 0 Å². The number of hydrogen-bond donors (Lipinski definition) is 1. The lowest BCUT2D eigenvalue weighted by Crippen LogP contribution is -2.20. The maximum absolute atomic E-state index is 9.20. The topological polar surface area (TPSA) is 48.7 Å². The largest absolute Gasteiger partial charge is 0.366 e. The van der Waals surface area contributed by atoms with Crippen molar-refractivity contribution >= 4 is 5.82 Å². The maximum Gasteiger partial charge on any atom is 0.144 e. The van der Waals surface area contributed by atoms with Crippen molar-refractivity contribution in [2.45, 2.75) is 53.5 Å². The lowest BCUT2D eigenvalue weighted by molar-refractivity contribution is 0.483. The van der Waals surface area contributed by atoms with E-state index in [0.29, 0.717) is 17.5 Å². The Morgan fingerprint density at radius 2 is 2.06 bits per heavy atom.